The normalized spacial score (nSPS) is 32.6. The van der Waals surface area contributed by atoms with Crippen LogP contribution in [0.5, 0.6) is 0 Å². The molecule has 24 heavy (non-hydrogen) atoms. The maximum absolute atomic E-state index is 12.1. The third-order valence-corrected chi connectivity index (χ3v) is 6.00. The third kappa shape index (κ3) is 2.76. The maximum Gasteiger partial charge on any atom is 0.315 e. The van der Waals surface area contributed by atoms with Gasteiger partial charge in [0.1, 0.15) is 0 Å². The fourth-order valence-electron chi connectivity index (χ4n) is 4.70. The molecule has 0 unspecified atom stereocenters. The summed E-state index contributed by atoms with van der Waals surface area (Å²) in [7, 11) is 1.42. The zero-order valence-electron chi connectivity index (χ0n) is 14.0. The SMILES string of the molecule is COC(=O)[C@H]1CC[C@@H](NC(=O)NC[C@@H]2[C@H]3Cc4ccccc4[C@@H]23)C1. The van der Waals surface area contributed by atoms with Crippen molar-refractivity contribution in [2.75, 3.05) is 13.7 Å². The van der Waals surface area contributed by atoms with Gasteiger partial charge >= 0.3 is 12.0 Å². The molecule has 0 bridgehead atoms. The summed E-state index contributed by atoms with van der Waals surface area (Å²) in [4.78, 5) is 23.6. The van der Waals surface area contributed by atoms with Gasteiger partial charge in [-0.15, -0.1) is 0 Å². The molecule has 3 aliphatic carbocycles. The minimum absolute atomic E-state index is 0.0698. The molecule has 2 amide bonds. The van der Waals surface area contributed by atoms with Crippen LogP contribution in [0.3, 0.4) is 0 Å². The van der Waals surface area contributed by atoms with Gasteiger partial charge in [-0.05, 0) is 54.6 Å². The molecule has 0 spiro atoms. The van der Waals surface area contributed by atoms with Gasteiger partial charge in [0.05, 0.1) is 13.0 Å². The molecule has 1 aromatic carbocycles. The van der Waals surface area contributed by atoms with Crippen LogP contribution in [0.1, 0.15) is 36.3 Å². The molecule has 128 valence electrons. The predicted octanol–water partition coefficient (Wildman–Crippen LogP) is 2.21. The molecule has 0 aromatic heterocycles. The number of hydrogen-bond donors (Lipinski definition) is 2. The van der Waals surface area contributed by atoms with Gasteiger partial charge in [0.15, 0.2) is 0 Å². The molecule has 2 fully saturated rings. The van der Waals surface area contributed by atoms with E-state index in [-0.39, 0.29) is 24.0 Å². The van der Waals surface area contributed by atoms with Crippen molar-refractivity contribution in [3.63, 3.8) is 0 Å². The summed E-state index contributed by atoms with van der Waals surface area (Å²) >= 11 is 0. The van der Waals surface area contributed by atoms with Crippen LogP contribution in [0.25, 0.3) is 0 Å². The second kappa shape index (κ2) is 6.11. The average molecular weight is 328 g/mol. The van der Waals surface area contributed by atoms with Crippen LogP contribution in [0.15, 0.2) is 24.3 Å². The topological polar surface area (TPSA) is 67.4 Å². The van der Waals surface area contributed by atoms with E-state index in [1.807, 2.05) is 0 Å². The second-order valence-electron chi connectivity index (χ2n) is 7.34. The van der Waals surface area contributed by atoms with Crippen LogP contribution in [0.4, 0.5) is 4.79 Å². The van der Waals surface area contributed by atoms with E-state index in [2.05, 4.69) is 34.9 Å². The minimum atomic E-state index is -0.163. The highest BCUT2D eigenvalue weighted by Gasteiger charge is 2.55. The largest absolute Gasteiger partial charge is 0.469 e. The number of benzene rings is 1. The molecule has 0 radical (unpaired) electrons. The molecule has 3 aliphatic rings. The molecular weight excluding hydrogens is 304 g/mol. The molecule has 4 rings (SSSR count). The first-order chi connectivity index (χ1) is 11.7. The van der Waals surface area contributed by atoms with Crippen LogP contribution < -0.4 is 10.6 Å². The summed E-state index contributed by atoms with van der Waals surface area (Å²) in [5, 5.41) is 6.02. The molecule has 1 aromatic rings. The number of methoxy groups -OCH3 is 1. The minimum Gasteiger partial charge on any atom is -0.469 e. The Bertz CT molecular complexity index is 660. The summed E-state index contributed by atoms with van der Waals surface area (Å²) in [6.45, 7) is 0.739. The number of hydrogen-bond acceptors (Lipinski definition) is 3. The summed E-state index contributed by atoms with van der Waals surface area (Å²) in [6.07, 6.45) is 3.47. The van der Waals surface area contributed by atoms with E-state index >= 15 is 0 Å². The Hall–Kier alpha value is -2.04. The highest BCUT2D eigenvalue weighted by molar-refractivity contribution is 5.75. The summed E-state index contributed by atoms with van der Waals surface area (Å²) in [6, 6.07) is 8.63. The molecule has 5 heteroatoms. The van der Waals surface area contributed by atoms with Crippen molar-refractivity contribution in [2.24, 2.45) is 17.8 Å². The van der Waals surface area contributed by atoms with Crippen molar-refractivity contribution in [3.8, 4) is 0 Å². The van der Waals surface area contributed by atoms with Gasteiger partial charge in [-0.3, -0.25) is 4.79 Å². The van der Waals surface area contributed by atoms with Crippen molar-refractivity contribution < 1.29 is 14.3 Å². The van der Waals surface area contributed by atoms with E-state index in [0.717, 1.165) is 25.8 Å². The molecule has 2 saturated carbocycles. The second-order valence-corrected chi connectivity index (χ2v) is 7.34. The van der Waals surface area contributed by atoms with E-state index in [4.69, 9.17) is 4.74 Å². The Labute approximate surface area is 142 Å². The van der Waals surface area contributed by atoms with Gasteiger partial charge < -0.3 is 15.4 Å². The summed E-state index contributed by atoms with van der Waals surface area (Å²) < 4.78 is 4.78. The Morgan fingerprint density at radius 3 is 2.92 bits per heavy atom. The van der Waals surface area contributed by atoms with Crippen molar-refractivity contribution in [1.82, 2.24) is 10.6 Å². The van der Waals surface area contributed by atoms with E-state index < -0.39 is 0 Å². The first-order valence-corrected chi connectivity index (χ1v) is 8.87. The van der Waals surface area contributed by atoms with Crippen LogP contribution >= 0.6 is 0 Å². The van der Waals surface area contributed by atoms with Gasteiger partial charge in [0.25, 0.3) is 0 Å². The van der Waals surface area contributed by atoms with Gasteiger partial charge in [-0.2, -0.15) is 0 Å². The Kier molecular flexibility index (Phi) is 3.94. The van der Waals surface area contributed by atoms with Crippen molar-refractivity contribution in [1.29, 1.82) is 0 Å². The Balaban J connectivity index is 1.21. The number of urea groups is 1. The number of ether oxygens (including phenoxy) is 1. The lowest BCUT2D eigenvalue weighted by molar-refractivity contribution is -0.145. The fourth-order valence-corrected chi connectivity index (χ4v) is 4.70. The smallest absolute Gasteiger partial charge is 0.315 e. The standard InChI is InChI=1S/C19H24N2O3/c1-24-18(22)12-6-7-13(8-12)21-19(23)20-10-16-15-9-11-4-2-3-5-14(11)17(15)16/h2-5,12-13,15-17H,6-10H2,1H3,(H2,20,21,23)/t12-,13+,15+,16+,17+/m0/s1. The van der Waals surface area contributed by atoms with Gasteiger partial charge in [0.2, 0.25) is 0 Å². The van der Waals surface area contributed by atoms with E-state index in [0.29, 0.717) is 24.2 Å². The Morgan fingerprint density at radius 1 is 1.25 bits per heavy atom. The number of carbonyl (C=O) groups is 2. The highest BCUT2D eigenvalue weighted by atomic mass is 16.5. The first-order valence-electron chi connectivity index (χ1n) is 8.87. The van der Waals surface area contributed by atoms with E-state index in [1.165, 1.54) is 18.2 Å². The van der Waals surface area contributed by atoms with Crippen LogP contribution in [-0.4, -0.2) is 31.7 Å². The average Bonchev–Trinajstić information content (AvgIpc) is 2.94. The predicted molar refractivity (Wildman–Crippen MR) is 89.5 cm³/mol. The Morgan fingerprint density at radius 2 is 2.08 bits per heavy atom. The van der Waals surface area contributed by atoms with Crippen LogP contribution in [0.2, 0.25) is 0 Å². The lowest BCUT2D eigenvalue weighted by Crippen LogP contribution is -2.42. The number of fused-ring (bicyclic) bond motifs is 3. The molecule has 2 N–H and O–H groups in total. The molecule has 5 nitrogen and oxygen atoms in total. The monoisotopic (exact) mass is 328 g/mol. The summed E-state index contributed by atoms with van der Waals surface area (Å²) in [5.41, 5.74) is 2.96. The van der Waals surface area contributed by atoms with E-state index in [9.17, 15) is 9.59 Å². The van der Waals surface area contributed by atoms with Crippen molar-refractivity contribution in [3.05, 3.63) is 35.4 Å². The molecular formula is C19H24N2O3. The van der Waals surface area contributed by atoms with Gasteiger partial charge in [0, 0.05) is 12.6 Å². The molecule has 0 aliphatic heterocycles. The van der Waals surface area contributed by atoms with Crippen LogP contribution in [0, 0.1) is 17.8 Å². The first kappa shape index (κ1) is 15.5. The third-order valence-electron chi connectivity index (χ3n) is 6.00. The number of carbonyl (C=O) groups excluding carboxylic acids is 2. The number of amides is 2. The van der Waals surface area contributed by atoms with Gasteiger partial charge in [-0.25, -0.2) is 4.79 Å². The molecule has 5 atom stereocenters. The molecule has 0 saturated heterocycles. The lowest BCUT2D eigenvalue weighted by atomic mass is 10.0. The number of nitrogens with one attached hydrogen (secondary N) is 2. The zero-order chi connectivity index (χ0) is 16.7. The summed E-state index contributed by atoms with van der Waals surface area (Å²) in [5.74, 6) is 1.69. The highest BCUT2D eigenvalue weighted by Crippen LogP contribution is 2.60. The van der Waals surface area contributed by atoms with Crippen molar-refractivity contribution in [2.45, 2.75) is 37.6 Å². The zero-order valence-corrected chi connectivity index (χ0v) is 14.0. The lowest BCUT2D eigenvalue weighted by Gasteiger charge is -2.14. The van der Waals surface area contributed by atoms with Crippen molar-refractivity contribution >= 4 is 12.0 Å². The molecule has 0 heterocycles. The number of rotatable bonds is 4. The van der Waals surface area contributed by atoms with Gasteiger partial charge in [-0.1, -0.05) is 24.3 Å². The van der Waals surface area contributed by atoms with Crippen LogP contribution in [-0.2, 0) is 16.0 Å². The number of esters is 1. The van der Waals surface area contributed by atoms with E-state index in [1.54, 1.807) is 0 Å². The quantitative estimate of drug-likeness (QED) is 0.833. The fraction of sp³-hybridized carbons (Fsp3) is 0.579. The maximum atomic E-state index is 12.1.